The van der Waals surface area contributed by atoms with E-state index in [2.05, 4.69) is 9.84 Å². The number of rotatable bonds is 6. The van der Waals surface area contributed by atoms with E-state index >= 15 is 0 Å². The fourth-order valence-corrected chi connectivity index (χ4v) is 3.26. The van der Waals surface area contributed by atoms with E-state index in [0.717, 1.165) is 11.9 Å². The van der Waals surface area contributed by atoms with Gasteiger partial charge in [0.1, 0.15) is 5.92 Å². The summed E-state index contributed by atoms with van der Waals surface area (Å²) in [5, 5.41) is 5.24. The number of esters is 1. The van der Waals surface area contributed by atoms with E-state index < -0.39 is 29.5 Å². The van der Waals surface area contributed by atoms with Crippen molar-refractivity contribution in [1.82, 2.24) is 0 Å². The molecule has 0 saturated heterocycles. The van der Waals surface area contributed by atoms with Gasteiger partial charge in [-0.1, -0.05) is 24.3 Å². The number of alkyl halides is 2. The van der Waals surface area contributed by atoms with Crippen molar-refractivity contribution < 1.29 is 27.9 Å². The van der Waals surface area contributed by atoms with Crippen molar-refractivity contribution in [2.75, 3.05) is 12.1 Å². The van der Waals surface area contributed by atoms with Crippen LogP contribution in [0.5, 0.6) is 0 Å². The first kappa shape index (κ1) is 21.3. The Morgan fingerprint density at radius 2 is 1.87 bits per heavy atom. The molecule has 0 saturated carbocycles. The van der Waals surface area contributed by atoms with Crippen LogP contribution in [0, 0.1) is 5.92 Å². The molecule has 1 amide bonds. The van der Waals surface area contributed by atoms with Crippen LogP contribution in [0.3, 0.4) is 0 Å². The van der Waals surface area contributed by atoms with Crippen molar-refractivity contribution in [2.24, 2.45) is 11.0 Å². The molecule has 2 aromatic rings. The number of ketones is 1. The van der Waals surface area contributed by atoms with Crippen LogP contribution < -0.4 is 5.01 Å². The average molecular weight is 414 g/mol. The van der Waals surface area contributed by atoms with Crippen LogP contribution in [0.25, 0.3) is 0 Å². The molecule has 30 heavy (non-hydrogen) atoms. The normalized spacial score (nSPS) is 16.4. The second kappa shape index (κ2) is 8.14. The molecule has 1 heterocycles. The second-order valence-corrected chi connectivity index (χ2v) is 7.10. The quantitative estimate of drug-likeness (QED) is 0.533. The molecule has 0 spiro atoms. The SMILES string of the molecule is COC(=O)c1cccc(N2N=C(C)C(C(=O)Cc3cccc(C(C)(F)F)c3)C2=O)c1. The maximum atomic E-state index is 13.6. The number of carbonyl (C=O) groups excluding carboxylic acids is 3. The smallest absolute Gasteiger partial charge is 0.337 e. The summed E-state index contributed by atoms with van der Waals surface area (Å²) in [6, 6.07) is 11.7. The van der Waals surface area contributed by atoms with E-state index in [1.807, 2.05) is 0 Å². The number of benzene rings is 2. The molecule has 0 radical (unpaired) electrons. The van der Waals surface area contributed by atoms with E-state index in [1.165, 1.54) is 37.4 Å². The maximum Gasteiger partial charge on any atom is 0.337 e. The molecule has 0 aromatic heterocycles. The van der Waals surface area contributed by atoms with Crippen molar-refractivity contribution in [2.45, 2.75) is 26.2 Å². The third-order valence-electron chi connectivity index (χ3n) is 4.78. The standard InChI is InChI=1S/C22H20F2N2O4/c1-13-19(18(27)11-14-6-4-8-16(10-14)22(2,23)24)20(28)26(25-13)17-9-5-7-15(12-17)21(29)30-3/h4-10,12,19H,11H2,1-3H3. The van der Waals surface area contributed by atoms with Gasteiger partial charge in [0.15, 0.2) is 5.78 Å². The third-order valence-corrected chi connectivity index (χ3v) is 4.78. The van der Waals surface area contributed by atoms with Gasteiger partial charge in [-0.2, -0.15) is 10.1 Å². The number of carbonyl (C=O) groups is 3. The number of hydrogen-bond acceptors (Lipinski definition) is 5. The number of ether oxygens (including phenoxy) is 1. The van der Waals surface area contributed by atoms with Gasteiger partial charge in [-0.05, 0) is 36.8 Å². The van der Waals surface area contributed by atoms with Crippen LogP contribution in [0.15, 0.2) is 53.6 Å². The van der Waals surface area contributed by atoms with Crippen LogP contribution >= 0.6 is 0 Å². The number of amides is 1. The van der Waals surface area contributed by atoms with Crippen LogP contribution in [-0.2, 0) is 26.7 Å². The Kier molecular flexibility index (Phi) is 5.78. The highest BCUT2D eigenvalue weighted by Crippen LogP contribution is 2.29. The largest absolute Gasteiger partial charge is 0.465 e. The summed E-state index contributed by atoms with van der Waals surface area (Å²) in [6.45, 7) is 2.34. The van der Waals surface area contributed by atoms with E-state index in [1.54, 1.807) is 25.1 Å². The molecule has 1 aliphatic rings. The summed E-state index contributed by atoms with van der Waals surface area (Å²) in [7, 11) is 1.25. The predicted molar refractivity (Wildman–Crippen MR) is 107 cm³/mol. The molecular weight excluding hydrogens is 394 g/mol. The molecule has 2 aromatic carbocycles. The molecule has 1 unspecified atom stereocenters. The highest BCUT2D eigenvalue weighted by atomic mass is 19.3. The molecule has 156 valence electrons. The molecular formula is C22H20F2N2O4. The summed E-state index contributed by atoms with van der Waals surface area (Å²) in [4.78, 5) is 37.4. The highest BCUT2D eigenvalue weighted by molar-refractivity contribution is 6.27. The Labute approximate surface area is 172 Å². The monoisotopic (exact) mass is 414 g/mol. The number of Topliss-reactive ketones (excluding diaryl/α,β-unsaturated/α-hetero) is 1. The average Bonchev–Trinajstić information content (AvgIpc) is 3.01. The third kappa shape index (κ3) is 4.27. The van der Waals surface area contributed by atoms with Gasteiger partial charge in [0.25, 0.3) is 11.8 Å². The molecule has 0 N–H and O–H groups in total. The fraction of sp³-hybridized carbons (Fsp3) is 0.273. The van der Waals surface area contributed by atoms with Crippen molar-refractivity contribution in [3.63, 3.8) is 0 Å². The van der Waals surface area contributed by atoms with Gasteiger partial charge in [0.05, 0.1) is 24.1 Å². The number of hydrazone groups is 1. The van der Waals surface area contributed by atoms with Crippen LogP contribution in [0.2, 0.25) is 0 Å². The lowest BCUT2D eigenvalue weighted by atomic mass is 9.93. The zero-order chi connectivity index (χ0) is 22.1. The Morgan fingerprint density at radius 1 is 1.17 bits per heavy atom. The van der Waals surface area contributed by atoms with E-state index in [0.29, 0.717) is 17.0 Å². The first-order chi connectivity index (χ1) is 14.1. The number of halogens is 2. The number of anilines is 1. The van der Waals surface area contributed by atoms with Crippen LogP contribution in [0.1, 0.15) is 35.3 Å². The Balaban J connectivity index is 1.81. The molecule has 1 atom stereocenters. The van der Waals surface area contributed by atoms with Gasteiger partial charge in [-0.15, -0.1) is 0 Å². The van der Waals surface area contributed by atoms with Gasteiger partial charge in [-0.3, -0.25) is 9.59 Å². The highest BCUT2D eigenvalue weighted by Gasteiger charge is 2.39. The van der Waals surface area contributed by atoms with E-state index in [-0.39, 0.29) is 17.5 Å². The summed E-state index contributed by atoms with van der Waals surface area (Å²) >= 11 is 0. The second-order valence-electron chi connectivity index (χ2n) is 7.10. The number of nitrogens with zero attached hydrogens (tertiary/aromatic N) is 2. The minimum atomic E-state index is -3.03. The van der Waals surface area contributed by atoms with Crippen molar-refractivity contribution in [3.8, 4) is 0 Å². The van der Waals surface area contributed by atoms with Gasteiger partial charge in [-0.25, -0.2) is 13.6 Å². The lowest BCUT2D eigenvalue weighted by Crippen LogP contribution is -2.33. The van der Waals surface area contributed by atoms with E-state index in [4.69, 9.17) is 0 Å². The van der Waals surface area contributed by atoms with Gasteiger partial charge < -0.3 is 4.74 Å². The minimum absolute atomic E-state index is 0.177. The molecule has 8 heteroatoms. The zero-order valence-corrected chi connectivity index (χ0v) is 16.7. The Hall–Kier alpha value is -3.42. The van der Waals surface area contributed by atoms with Crippen molar-refractivity contribution in [1.29, 1.82) is 0 Å². The molecule has 6 nitrogen and oxygen atoms in total. The fourth-order valence-electron chi connectivity index (χ4n) is 3.26. The topological polar surface area (TPSA) is 76.0 Å². The van der Waals surface area contributed by atoms with Crippen LogP contribution in [-0.4, -0.2) is 30.5 Å². The van der Waals surface area contributed by atoms with E-state index in [9.17, 15) is 23.2 Å². The predicted octanol–water partition coefficient (Wildman–Crippen LogP) is 3.74. The van der Waals surface area contributed by atoms with Gasteiger partial charge in [0.2, 0.25) is 0 Å². The molecule has 0 fully saturated rings. The summed E-state index contributed by atoms with van der Waals surface area (Å²) in [5.41, 5.74) is 1.06. The lowest BCUT2D eigenvalue weighted by Gasteiger charge is -2.15. The molecule has 3 rings (SSSR count). The first-order valence-electron chi connectivity index (χ1n) is 9.19. The van der Waals surface area contributed by atoms with Gasteiger partial charge >= 0.3 is 5.97 Å². The van der Waals surface area contributed by atoms with Crippen molar-refractivity contribution in [3.05, 3.63) is 65.2 Å². The Bertz CT molecular complexity index is 1040. The zero-order valence-electron chi connectivity index (χ0n) is 16.7. The first-order valence-corrected chi connectivity index (χ1v) is 9.19. The summed E-state index contributed by atoms with van der Waals surface area (Å²) in [5.74, 6) is -5.70. The molecule has 1 aliphatic heterocycles. The number of hydrogen-bond donors (Lipinski definition) is 0. The van der Waals surface area contributed by atoms with Crippen LogP contribution in [0.4, 0.5) is 14.5 Å². The Morgan fingerprint density at radius 3 is 2.53 bits per heavy atom. The summed E-state index contributed by atoms with van der Waals surface area (Å²) in [6.07, 6.45) is -0.177. The van der Waals surface area contributed by atoms with Gasteiger partial charge in [0, 0.05) is 18.9 Å². The lowest BCUT2D eigenvalue weighted by molar-refractivity contribution is -0.128. The molecule has 0 aliphatic carbocycles. The maximum absolute atomic E-state index is 13.6. The molecule has 0 bridgehead atoms. The van der Waals surface area contributed by atoms with Crippen molar-refractivity contribution >= 4 is 29.1 Å². The number of methoxy groups -OCH3 is 1. The summed E-state index contributed by atoms with van der Waals surface area (Å²) < 4.78 is 31.8. The minimum Gasteiger partial charge on any atom is -0.465 e.